The maximum atomic E-state index is 5.32. The molecule has 1 rings (SSSR count). The number of hydrogen-bond acceptors (Lipinski definition) is 1. The molecule has 2 heteroatoms. The first-order chi connectivity index (χ1) is 5.34. The molecule has 0 amide bonds. The molecule has 3 radical (unpaired) electrons. The van der Waals surface area contributed by atoms with E-state index >= 15 is 0 Å². The Morgan fingerprint density at radius 2 is 2.18 bits per heavy atom. The smallest absolute Gasteiger partial charge is 0.118 e. The molecule has 0 unspecified atom stereocenters. The first kappa shape index (κ1) is 8.08. The van der Waals surface area contributed by atoms with Crippen LogP contribution in [-0.2, 0) is 0 Å². The van der Waals surface area contributed by atoms with Crippen molar-refractivity contribution in [1.29, 1.82) is 0 Å². The minimum atomic E-state index is 0.543. The molecule has 1 nitrogen and oxygen atoms in total. The van der Waals surface area contributed by atoms with Gasteiger partial charge >= 0.3 is 0 Å². The van der Waals surface area contributed by atoms with E-state index in [2.05, 4.69) is 16.8 Å². The standard InChI is InChI=1S/C9H9OSi/c1-2-7-10-8-5-3-4-6-9(8)11/h2-6H,1,7H2. The van der Waals surface area contributed by atoms with Crippen molar-refractivity contribution in [3.63, 3.8) is 0 Å². The first-order valence-electron chi connectivity index (χ1n) is 3.39. The Balaban J connectivity index is 2.69. The molecule has 0 aliphatic carbocycles. The van der Waals surface area contributed by atoms with Crippen LogP contribution in [0.5, 0.6) is 5.75 Å². The third-order valence-electron chi connectivity index (χ3n) is 1.24. The minimum absolute atomic E-state index is 0.543. The van der Waals surface area contributed by atoms with Crippen LogP contribution in [0.1, 0.15) is 0 Å². The highest BCUT2D eigenvalue weighted by Gasteiger charge is 1.93. The SMILES string of the molecule is C=CCOc1ccccc1[Si]. The van der Waals surface area contributed by atoms with Crippen molar-refractivity contribution in [2.75, 3.05) is 6.61 Å². The molecule has 11 heavy (non-hydrogen) atoms. The van der Waals surface area contributed by atoms with Crippen molar-refractivity contribution in [2.45, 2.75) is 0 Å². The van der Waals surface area contributed by atoms with Crippen molar-refractivity contribution in [2.24, 2.45) is 0 Å². The first-order valence-corrected chi connectivity index (χ1v) is 3.89. The van der Waals surface area contributed by atoms with Gasteiger partial charge < -0.3 is 4.74 Å². The molecule has 0 saturated heterocycles. The van der Waals surface area contributed by atoms with E-state index in [9.17, 15) is 0 Å². The molecule has 0 fully saturated rings. The van der Waals surface area contributed by atoms with E-state index < -0.39 is 0 Å². The Kier molecular flexibility index (Phi) is 2.92. The lowest BCUT2D eigenvalue weighted by molar-refractivity contribution is 0.366. The van der Waals surface area contributed by atoms with Crippen LogP contribution in [0.2, 0.25) is 0 Å². The summed E-state index contributed by atoms with van der Waals surface area (Å²) in [4.78, 5) is 0. The van der Waals surface area contributed by atoms with Crippen LogP contribution in [0.25, 0.3) is 0 Å². The molecule has 0 bridgehead atoms. The third kappa shape index (κ3) is 2.24. The van der Waals surface area contributed by atoms with Crippen LogP contribution in [0.15, 0.2) is 36.9 Å². The molecule has 0 aliphatic heterocycles. The van der Waals surface area contributed by atoms with Crippen molar-refractivity contribution < 1.29 is 4.74 Å². The molecule has 0 spiro atoms. The van der Waals surface area contributed by atoms with E-state index in [0.29, 0.717) is 6.61 Å². The van der Waals surface area contributed by atoms with Gasteiger partial charge in [-0.1, -0.05) is 30.9 Å². The van der Waals surface area contributed by atoms with Crippen molar-refractivity contribution >= 4 is 15.4 Å². The van der Waals surface area contributed by atoms with Crippen LogP contribution in [0.4, 0.5) is 0 Å². The predicted molar refractivity (Wildman–Crippen MR) is 47.5 cm³/mol. The molecule has 0 heterocycles. The summed E-state index contributed by atoms with van der Waals surface area (Å²) in [5, 5.41) is 0.967. The van der Waals surface area contributed by atoms with Gasteiger partial charge in [0.15, 0.2) is 0 Å². The van der Waals surface area contributed by atoms with Gasteiger partial charge in [0.1, 0.15) is 12.4 Å². The summed E-state index contributed by atoms with van der Waals surface area (Å²) in [6, 6.07) is 7.73. The van der Waals surface area contributed by atoms with E-state index in [1.54, 1.807) is 6.08 Å². The lowest BCUT2D eigenvalue weighted by Gasteiger charge is -2.04. The van der Waals surface area contributed by atoms with Gasteiger partial charge in [-0.3, -0.25) is 0 Å². The molecular formula is C9H9OSi. The fourth-order valence-corrected chi connectivity index (χ4v) is 0.993. The zero-order valence-corrected chi connectivity index (χ0v) is 7.21. The number of hydrogen-bond donors (Lipinski definition) is 0. The zero-order chi connectivity index (χ0) is 8.10. The van der Waals surface area contributed by atoms with Gasteiger partial charge in [0, 0.05) is 0 Å². The minimum Gasteiger partial charge on any atom is -0.490 e. The summed E-state index contributed by atoms with van der Waals surface area (Å²) in [6.45, 7) is 4.11. The average molecular weight is 161 g/mol. The molecule has 1 aromatic carbocycles. The normalized spacial score (nSPS) is 9.18. The van der Waals surface area contributed by atoms with Gasteiger partial charge in [0.2, 0.25) is 0 Å². The summed E-state index contributed by atoms with van der Waals surface area (Å²) in [5.74, 6) is 0.851. The number of para-hydroxylation sites is 1. The van der Waals surface area contributed by atoms with Crippen LogP contribution in [0.3, 0.4) is 0 Å². The maximum absolute atomic E-state index is 5.32. The molecular weight excluding hydrogens is 152 g/mol. The van der Waals surface area contributed by atoms with Crippen LogP contribution in [-0.4, -0.2) is 16.8 Å². The molecule has 0 aliphatic rings. The Morgan fingerprint density at radius 1 is 1.45 bits per heavy atom. The molecule has 0 saturated carbocycles. The van der Waals surface area contributed by atoms with Crippen LogP contribution < -0.4 is 9.92 Å². The van der Waals surface area contributed by atoms with E-state index in [1.165, 1.54) is 0 Å². The second-order valence-corrected chi connectivity index (χ2v) is 2.63. The maximum Gasteiger partial charge on any atom is 0.118 e. The summed E-state index contributed by atoms with van der Waals surface area (Å²) >= 11 is 0. The van der Waals surface area contributed by atoms with Crippen LogP contribution in [0, 0.1) is 0 Å². The quantitative estimate of drug-likeness (QED) is 0.475. The molecule has 1 aromatic rings. The van der Waals surface area contributed by atoms with Gasteiger partial charge in [0.25, 0.3) is 0 Å². The van der Waals surface area contributed by atoms with Crippen molar-refractivity contribution in [3.8, 4) is 5.75 Å². The molecule has 55 valence electrons. The van der Waals surface area contributed by atoms with Gasteiger partial charge in [-0.2, -0.15) is 0 Å². The van der Waals surface area contributed by atoms with E-state index in [1.807, 2.05) is 24.3 Å². The fourth-order valence-electron chi connectivity index (χ4n) is 0.741. The third-order valence-corrected chi connectivity index (χ3v) is 1.66. The molecule has 0 aromatic heterocycles. The van der Waals surface area contributed by atoms with Gasteiger partial charge in [0.05, 0.1) is 10.2 Å². The predicted octanol–water partition coefficient (Wildman–Crippen LogP) is 1.05. The fraction of sp³-hybridized carbons (Fsp3) is 0.111. The van der Waals surface area contributed by atoms with E-state index in [0.717, 1.165) is 10.9 Å². The zero-order valence-electron chi connectivity index (χ0n) is 6.21. The summed E-state index contributed by atoms with van der Waals surface area (Å²) in [6.07, 6.45) is 1.72. The molecule has 0 N–H and O–H groups in total. The lowest BCUT2D eigenvalue weighted by atomic mass is 10.3. The van der Waals surface area contributed by atoms with E-state index in [-0.39, 0.29) is 0 Å². The summed E-state index contributed by atoms with van der Waals surface area (Å²) in [5.41, 5.74) is 0. The highest BCUT2D eigenvalue weighted by Crippen LogP contribution is 2.03. The highest BCUT2D eigenvalue weighted by molar-refractivity contribution is 6.34. The Labute approximate surface area is 70.1 Å². The second kappa shape index (κ2) is 3.98. The highest BCUT2D eigenvalue weighted by atomic mass is 28.1. The average Bonchev–Trinajstić information content (AvgIpc) is 2.03. The lowest BCUT2D eigenvalue weighted by Crippen LogP contribution is -2.08. The van der Waals surface area contributed by atoms with Crippen LogP contribution >= 0.6 is 0 Å². The Morgan fingerprint density at radius 3 is 2.82 bits per heavy atom. The number of ether oxygens (including phenoxy) is 1. The largest absolute Gasteiger partial charge is 0.490 e. The van der Waals surface area contributed by atoms with Crippen molar-refractivity contribution in [3.05, 3.63) is 36.9 Å². The summed E-state index contributed by atoms with van der Waals surface area (Å²) < 4.78 is 5.32. The van der Waals surface area contributed by atoms with Gasteiger partial charge in [-0.25, -0.2) is 0 Å². The molecule has 0 atom stereocenters. The number of rotatable bonds is 3. The van der Waals surface area contributed by atoms with Gasteiger partial charge in [-0.05, 0) is 11.3 Å². The van der Waals surface area contributed by atoms with Gasteiger partial charge in [-0.15, -0.1) is 0 Å². The second-order valence-electron chi connectivity index (χ2n) is 2.10. The number of benzene rings is 1. The topological polar surface area (TPSA) is 9.23 Å². The monoisotopic (exact) mass is 161 g/mol. The van der Waals surface area contributed by atoms with Crippen molar-refractivity contribution in [1.82, 2.24) is 0 Å². The summed E-state index contributed by atoms with van der Waals surface area (Å²) in [7, 11) is 3.42. The Bertz CT molecular complexity index is 245. The Hall–Kier alpha value is -1.02. The van der Waals surface area contributed by atoms with E-state index in [4.69, 9.17) is 4.74 Å².